The van der Waals surface area contributed by atoms with Gasteiger partial charge in [-0.05, 0) is 89.6 Å². The second-order valence-electron chi connectivity index (χ2n) is 8.86. The number of nitrogens with one attached hydrogen (secondary N) is 4. The number of hydrogen-bond donors (Lipinski definition) is 5. The van der Waals surface area contributed by atoms with Crippen LogP contribution in [0, 0.1) is 3.57 Å². The zero-order chi connectivity index (χ0) is 31.3. The second-order valence-corrected chi connectivity index (χ2v) is 12.1. The summed E-state index contributed by atoms with van der Waals surface area (Å²) in [5.41, 5.74) is 1.24. The Bertz CT molecular complexity index is 1370. The number of benzene rings is 2. The Labute approximate surface area is 262 Å². The van der Waals surface area contributed by atoms with E-state index in [4.69, 9.17) is 17.4 Å². The number of anilines is 1. The number of sulfonamides is 1. The van der Waals surface area contributed by atoms with Crippen LogP contribution < -0.4 is 26.4 Å². The minimum Gasteiger partial charge on any atom is -0.469 e. The van der Waals surface area contributed by atoms with E-state index in [1.54, 1.807) is 0 Å². The maximum Gasteiger partial charge on any atom is 0.305 e. The van der Waals surface area contributed by atoms with Crippen LogP contribution in [0.4, 0.5) is 5.69 Å². The average Bonchev–Trinajstić information content (AvgIpc) is 2.96. The van der Waals surface area contributed by atoms with Crippen LogP contribution in [0.2, 0.25) is 0 Å². The zero-order valence-electron chi connectivity index (χ0n) is 22.8. The van der Waals surface area contributed by atoms with E-state index >= 15 is 0 Å². The first-order chi connectivity index (χ1) is 19.8. The summed E-state index contributed by atoms with van der Waals surface area (Å²) in [6.07, 6.45) is -0.356. The van der Waals surface area contributed by atoms with E-state index in [9.17, 15) is 27.6 Å². The van der Waals surface area contributed by atoms with Crippen LogP contribution in [0.15, 0.2) is 53.4 Å². The molecule has 2 aromatic carbocycles. The highest BCUT2D eigenvalue weighted by Gasteiger charge is 2.27. The Morgan fingerprint density at radius 3 is 1.88 bits per heavy atom. The zero-order valence-corrected chi connectivity index (χ0v) is 26.6. The van der Waals surface area contributed by atoms with Crippen molar-refractivity contribution in [3.05, 3.63) is 57.7 Å². The average molecular weight is 734 g/mol. The summed E-state index contributed by atoms with van der Waals surface area (Å²) >= 11 is 7.48. The van der Waals surface area contributed by atoms with Crippen molar-refractivity contribution in [3.63, 3.8) is 0 Å². The first-order valence-electron chi connectivity index (χ1n) is 12.5. The molecule has 0 radical (unpaired) electrons. The second kappa shape index (κ2) is 16.9. The molecule has 0 aliphatic rings. The minimum absolute atomic E-state index is 0.0161. The fourth-order valence-electron chi connectivity index (χ4n) is 3.51. The summed E-state index contributed by atoms with van der Waals surface area (Å²) in [4.78, 5) is 49.9. The van der Waals surface area contributed by atoms with Gasteiger partial charge in [0.1, 0.15) is 12.1 Å². The van der Waals surface area contributed by atoms with Crippen molar-refractivity contribution in [2.45, 2.75) is 49.2 Å². The number of primary sulfonamides is 1. The molecule has 0 heterocycles. The summed E-state index contributed by atoms with van der Waals surface area (Å²) in [7, 11) is -1.45. The third-order valence-corrected chi connectivity index (χ3v) is 7.67. The van der Waals surface area contributed by atoms with Gasteiger partial charge in [0, 0.05) is 28.6 Å². The number of carbonyl (C=O) groups excluding carboxylic acids is 4. The van der Waals surface area contributed by atoms with E-state index < -0.39 is 45.9 Å². The lowest BCUT2D eigenvalue weighted by Crippen LogP contribution is -2.54. The molecular formula is C26H32IN5O8S2. The summed E-state index contributed by atoms with van der Waals surface area (Å²) in [5, 5.41) is 16.1. The van der Waals surface area contributed by atoms with Gasteiger partial charge in [0.05, 0.1) is 19.1 Å². The lowest BCUT2D eigenvalue weighted by Gasteiger charge is -2.24. The summed E-state index contributed by atoms with van der Waals surface area (Å²) in [6, 6.07) is 10.7. The van der Waals surface area contributed by atoms with Crippen molar-refractivity contribution >= 4 is 79.4 Å². The smallest absolute Gasteiger partial charge is 0.305 e. The number of ether oxygens (including phenoxy) is 2. The number of esters is 2. The van der Waals surface area contributed by atoms with Crippen LogP contribution in [0.5, 0.6) is 0 Å². The van der Waals surface area contributed by atoms with Crippen LogP contribution >= 0.6 is 34.8 Å². The van der Waals surface area contributed by atoms with Gasteiger partial charge < -0.3 is 30.7 Å². The highest BCUT2D eigenvalue weighted by molar-refractivity contribution is 14.1. The molecule has 0 saturated heterocycles. The number of methoxy groups -OCH3 is 2. The molecule has 2 atom stereocenters. The highest BCUT2D eigenvalue weighted by atomic mass is 127. The van der Waals surface area contributed by atoms with Gasteiger partial charge in [-0.3, -0.25) is 19.2 Å². The molecule has 0 fully saturated rings. The maximum absolute atomic E-state index is 13.3. The normalized spacial score (nSPS) is 12.3. The monoisotopic (exact) mass is 733 g/mol. The van der Waals surface area contributed by atoms with Crippen molar-refractivity contribution < 1.29 is 37.1 Å². The Morgan fingerprint density at radius 1 is 0.857 bits per heavy atom. The van der Waals surface area contributed by atoms with Crippen molar-refractivity contribution in [3.8, 4) is 0 Å². The van der Waals surface area contributed by atoms with Crippen molar-refractivity contribution in [1.82, 2.24) is 16.0 Å². The fourth-order valence-corrected chi connectivity index (χ4v) is 4.64. The van der Waals surface area contributed by atoms with Crippen molar-refractivity contribution in [2.75, 3.05) is 19.5 Å². The number of thiocarbonyl (C=S) groups is 1. The summed E-state index contributed by atoms with van der Waals surface area (Å²) in [5.74, 6) is -2.30. The van der Waals surface area contributed by atoms with Crippen LogP contribution in [0.25, 0.3) is 0 Å². The Kier molecular flexibility index (Phi) is 14.1. The lowest BCUT2D eigenvalue weighted by atomic mass is 10.1. The molecule has 2 rings (SSSR count). The molecule has 2 aromatic rings. The van der Waals surface area contributed by atoms with Gasteiger partial charge in [-0.1, -0.05) is 12.1 Å². The quantitative estimate of drug-likeness (QED) is 0.107. The Balaban J connectivity index is 2.15. The van der Waals surface area contributed by atoms with Crippen LogP contribution in [0.1, 0.15) is 31.2 Å². The van der Waals surface area contributed by atoms with Gasteiger partial charge in [0.15, 0.2) is 5.11 Å². The van der Waals surface area contributed by atoms with E-state index in [-0.39, 0.29) is 42.2 Å². The number of rotatable bonds is 14. The molecule has 0 aromatic heterocycles. The van der Waals surface area contributed by atoms with E-state index in [0.717, 1.165) is 9.13 Å². The number of hydrogen-bond acceptors (Lipinski definition) is 9. The van der Waals surface area contributed by atoms with Crippen molar-refractivity contribution in [2.24, 2.45) is 5.14 Å². The Morgan fingerprint density at radius 2 is 1.38 bits per heavy atom. The predicted molar refractivity (Wildman–Crippen MR) is 166 cm³/mol. The first-order valence-corrected chi connectivity index (χ1v) is 15.5. The third kappa shape index (κ3) is 12.3. The molecule has 0 spiro atoms. The van der Waals surface area contributed by atoms with Crippen LogP contribution in [-0.4, -0.2) is 63.6 Å². The molecule has 2 amide bonds. The standard InChI is InChI=1S/C26H32IN5O8S2/c1-39-22(33)13-11-20(24(35)29-15-16-3-5-17(27)6-4-16)31-25(36)21(12-14-23(34)40-2)32-26(41)30-18-7-9-19(10-8-18)42(28,37)38/h3-10,20-21H,11-15H2,1-2H3,(H,29,35)(H,31,36)(H2,28,37,38)(H2,30,32,41)/t20-,21-/m0/s1. The molecule has 0 unspecified atom stereocenters. The number of nitrogens with two attached hydrogens (primary N) is 1. The predicted octanol–water partition coefficient (Wildman–Crippen LogP) is 1.30. The number of amides is 2. The van der Waals surface area contributed by atoms with Gasteiger partial charge in [0.2, 0.25) is 21.8 Å². The third-order valence-electron chi connectivity index (χ3n) is 5.81. The van der Waals surface area contributed by atoms with Crippen molar-refractivity contribution in [1.29, 1.82) is 0 Å². The summed E-state index contributed by atoms with van der Waals surface area (Å²) in [6.45, 7) is 0.197. The largest absolute Gasteiger partial charge is 0.469 e. The molecule has 42 heavy (non-hydrogen) atoms. The molecule has 0 bridgehead atoms. The first kappa shape index (κ1) is 34.8. The van der Waals surface area contributed by atoms with Gasteiger partial charge in [-0.15, -0.1) is 0 Å². The molecule has 6 N–H and O–H groups in total. The van der Waals surface area contributed by atoms with E-state index in [0.29, 0.717) is 5.69 Å². The van der Waals surface area contributed by atoms with Gasteiger partial charge in [-0.2, -0.15) is 0 Å². The van der Waals surface area contributed by atoms with E-state index in [2.05, 4.69) is 53.3 Å². The highest BCUT2D eigenvalue weighted by Crippen LogP contribution is 2.13. The summed E-state index contributed by atoms with van der Waals surface area (Å²) < 4.78 is 33.3. The van der Waals surface area contributed by atoms with Crippen LogP contribution in [0.3, 0.4) is 0 Å². The fraction of sp³-hybridized carbons (Fsp3) is 0.346. The van der Waals surface area contributed by atoms with E-state index in [1.165, 1.54) is 38.5 Å². The molecule has 0 aliphatic heterocycles. The molecule has 228 valence electrons. The Hall–Kier alpha value is -3.35. The van der Waals surface area contributed by atoms with Crippen LogP contribution in [-0.2, 0) is 45.2 Å². The molecule has 0 aliphatic carbocycles. The topological polar surface area (TPSA) is 195 Å². The van der Waals surface area contributed by atoms with Gasteiger partial charge >= 0.3 is 11.9 Å². The minimum atomic E-state index is -3.88. The molecular weight excluding hydrogens is 701 g/mol. The SMILES string of the molecule is COC(=O)CC[C@H](NC(=O)[C@H](CCC(=O)OC)NC(=S)Nc1ccc(S(N)(=O)=O)cc1)C(=O)NCc1ccc(I)cc1. The molecule has 13 nitrogen and oxygen atoms in total. The number of halogens is 1. The molecule has 16 heteroatoms. The maximum atomic E-state index is 13.3. The molecule has 0 saturated carbocycles. The number of carbonyl (C=O) groups is 4. The van der Waals surface area contributed by atoms with E-state index in [1.807, 2.05) is 24.3 Å². The van der Waals surface area contributed by atoms with Gasteiger partial charge in [-0.25, -0.2) is 13.6 Å². The van der Waals surface area contributed by atoms with Gasteiger partial charge in [0.25, 0.3) is 0 Å². The lowest BCUT2D eigenvalue weighted by molar-refractivity contribution is -0.142.